The van der Waals surface area contributed by atoms with E-state index in [-0.39, 0.29) is 17.1 Å². The van der Waals surface area contributed by atoms with Crippen molar-refractivity contribution in [1.29, 1.82) is 0 Å². The van der Waals surface area contributed by atoms with E-state index in [2.05, 4.69) is 5.32 Å². The van der Waals surface area contributed by atoms with Crippen molar-refractivity contribution in [2.75, 3.05) is 11.4 Å². The molecule has 1 heterocycles. The van der Waals surface area contributed by atoms with E-state index in [0.29, 0.717) is 13.0 Å². The fourth-order valence-corrected chi connectivity index (χ4v) is 2.32. The monoisotopic (exact) mass is 262 g/mol. The average Bonchev–Trinajstić information content (AvgIpc) is 2.61. The third-order valence-corrected chi connectivity index (χ3v) is 3.24. The molecule has 0 aliphatic carbocycles. The van der Waals surface area contributed by atoms with Gasteiger partial charge in [0.1, 0.15) is 0 Å². The van der Waals surface area contributed by atoms with Crippen LogP contribution in [0.3, 0.4) is 0 Å². The number of amides is 2. The molecular weight excluding hydrogens is 244 g/mol. The Hall–Kier alpha value is -2.04. The lowest BCUT2D eigenvalue weighted by Crippen LogP contribution is -2.36. The lowest BCUT2D eigenvalue weighted by atomic mass is 10.0. The number of nitrogens with one attached hydrogen (secondary N) is 1. The molecule has 1 aromatic rings. The first kappa shape index (κ1) is 13.4. The van der Waals surface area contributed by atoms with Crippen LogP contribution < -0.4 is 10.2 Å². The number of carboxylic acids is 1. The Balaban J connectivity index is 2.40. The molecule has 0 saturated carbocycles. The molecule has 1 fully saturated rings. The SMILES string of the molecule is CCc1cc(C(=O)O)ccc1N1CC(C)(C)NC1=O. The second-order valence-corrected chi connectivity index (χ2v) is 5.40. The zero-order valence-electron chi connectivity index (χ0n) is 11.4. The van der Waals surface area contributed by atoms with Gasteiger partial charge in [-0.2, -0.15) is 0 Å². The molecule has 0 radical (unpaired) electrons. The third kappa shape index (κ3) is 2.54. The van der Waals surface area contributed by atoms with E-state index in [9.17, 15) is 9.59 Å². The van der Waals surface area contributed by atoms with Gasteiger partial charge in [0, 0.05) is 5.69 Å². The van der Waals surface area contributed by atoms with Gasteiger partial charge in [-0.25, -0.2) is 9.59 Å². The maximum Gasteiger partial charge on any atom is 0.335 e. The van der Waals surface area contributed by atoms with Crippen LogP contribution >= 0.6 is 0 Å². The molecule has 5 nitrogen and oxygen atoms in total. The Morgan fingerprint density at radius 1 is 1.47 bits per heavy atom. The molecule has 5 heteroatoms. The number of benzene rings is 1. The zero-order valence-corrected chi connectivity index (χ0v) is 11.4. The van der Waals surface area contributed by atoms with Crippen LogP contribution in [0.25, 0.3) is 0 Å². The highest BCUT2D eigenvalue weighted by Gasteiger charge is 2.36. The molecule has 0 aromatic heterocycles. The summed E-state index contributed by atoms with van der Waals surface area (Å²) in [6.45, 7) is 6.44. The standard InChI is InChI=1S/C14H18N2O3/c1-4-9-7-10(12(17)18)5-6-11(9)16-8-14(2,3)15-13(16)19/h5-7H,4,8H2,1-3H3,(H,15,19)(H,17,18). The summed E-state index contributed by atoms with van der Waals surface area (Å²) in [6, 6.07) is 4.75. The van der Waals surface area contributed by atoms with Gasteiger partial charge in [0.15, 0.2) is 0 Å². The molecule has 102 valence electrons. The minimum absolute atomic E-state index is 0.136. The molecule has 0 spiro atoms. The Morgan fingerprint density at radius 3 is 2.63 bits per heavy atom. The lowest BCUT2D eigenvalue weighted by Gasteiger charge is -2.20. The van der Waals surface area contributed by atoms with E-state index in [1.165, 1.54) is 6.07 Å². The van der Waals surface area contributed by atoms with Crippen molar-refractivity contribution in [3.8, 4) is 0 Å². The summed E-state index contributed by atoms with van der Waals surface area (Å²) >= 11 is 0. The smallest absolute Gasteiger partial charge is 0.335 e. The number of hydrogen-bond donors (Lipinski definition) is 2. The van der Waals surface area contributed by atoms with Crippen molar-refractivity contribution in [2.45, 2.75) is 32.7 Å². The van der Waals surface area contributed by atoms with Crippen LogP contribution in [-0.4, -0.2) is 29.2 Å². The third-order valence-electron chi connectivity index (χ3n) is 3.24. The van der Waals surface area contributed by atoms with Gasteiger partial charge in [-0.15, -0.1) is 0 Å². The highest BCUT2D eigenvalue weighted by molar-refractivity contribution is 5.97. The minimum Gasteiger partial charge on any atom is -0.478 e. The second kappa shape index (κ2) is 4.57. The lowest BCUT2D eigenvalue weighted by molar-refractivity contribution is 0.0697. The maximum absolute atomic E-state index is 12.0. The van der Waals surface area contributed by atoms with Crippen LogP contribution in [0, 0.1) is 0 Å². The van der Waals surface area contributed by atoms with Crippen molar-refractivity contribution in [3.63, 3.8) is 0 Å². The normalized spacial score (nSPS) is 17.4. The fourth-order valence-electron chi connectivity index (χ4n) is 2.32. The van der Waals surface area contributed by atoms with E-state index in [0.717, 1.165) is 11.3 Å². The molecule has 0 atom stereocenters. The molecule has 19 heavy (non-hydrogen) atoms. The molecule has 0 unspecified atom stereocenters. The Kier molecular flexibility index (Phi) is 3.22. The number of aryl methyl sites for hydroxylation is 1. The minimum atomic E-state index is -0.951. The number of carbonyl (C=O) groups excluding carboxylic acids is 1. The molecule has 1 saturated heterocycles. The van der Waals surface area contributed by atoms with Crippen LogP contribution in [0.15, 0.2) is 18.2 Å². The summed E-state index contributed by atoms with van der Waals surface area (Å²) in [5, 5.41) is 11.9. The first-order valence-electron chi connectivity index (χ1n) is 6.30. The van der Waals surface area contributed by atoms with Gasteiger partial charge in [0.05, 0.1) is 17.6 Å². The summed E-state index contributed by atoms with van der Waals surface area (Å²) in [5.74, 6) is -0.951. The Bertz CT molecular complexity index is 537. The largest absolute Gasteiger partial charge is 0.478 e. The predicted molar refractivity (Wildman–Crippen MR) is 72.7 cm³/mol. The van der Waals surface area contributed by atoms with Crippen LogP contribution in [0.5, 0.6) is 0 Å². The molecule has 1 aliphatic rings. The number of carbonyl (C=O) groups is 2. The van der Waals surface area contributed by atoms with Crippen molar-refractivity contribution >= 4 is 17.7 Å². The number of anilines is 1. The summed E-state index contributed by atoms with van der Waals surface area (Å²) in [6.07, 6.45) is 0.681. The summed E-state index contributed by atoms with van der Waals surface area (Å²) in [7, 11) is 0. The van der Waals surface area contributed by atoms with Crippen LogP contribution in [0.4, 0.5) is 10.5 Å². The molecule has 1 aliphatic heterocycles. The molecule has 1 aromatic carbocycles. The predicted octanol–water partition coefficient (Wildman–Crippen LogP) is 2.26. The van der Waals surface area contributed by atoms with Crippen LogP contribution in [-0.2, 0) is 6.42 Å². The van der Waals surface area contributed by atoms with Gasteiger partial charge in [-0.3, -0.25) is 4.90 Å². The van der Waals surface area contributed by atoms with E-state index >= 15 is 0 Å². The quantitative estimate of drug-likeness (QED) is 0.877. The van der Waals surface area contributed by atoms with Gasteiger partial charge >= 0.3 is 12.0 Å². The number of hydrogen-bond acceptors (Lipinski definition) is 2. The molecule has 2 N–H and O–H groups in total. The highest BCUT2D eigenvalue weighted by atomic mass is 16.4. The van der Waals surface area contributed by atoms with Crippen LogP contribution in [0.1, 0.15) is 36.7 Å². The second-order valence-electron chi connectivity index (χ2n) is 5.40. The van der Waals surface area contributed by atoms with E-state index in [1.54, 1.807) is 17.0 Å². The van der Waals surface area contributed by atoms with Crippen molar-refractivity contribution in [3.05, 3.63) is 29.3 Å². The van der Waals surface area contributed by atoms with Gasteiger partial charge < -0.3 is 10.4 Å². The van der Waals surface area contributed by atoms with E-state index in [4.69, 9.17) is 5.11 Å². The summed E-state index contributed by atoms with van der Waals surface area (Å²) in [4.78, 5) is 24.6. The van der Waals surface area contributed by atoms with Crippen molar-refractivity contribution in [2.24, 2.45) is 0 Å². The highest BCUT2D eigenvalue weighted by Crippen LogP contribution is 2.27. The Labute approximate surface area is 112 Å². The average molecular weight is 262 g/mol. The van der Waals surface area contributed by atoms with E-state index < -0.39 is 5.97 Å². The topological polar surface area (TPSA) is 69.6 Å². The molecule has 2 rings (SSSR count). The maximum atomic E-state index is 12.0. The number of nitrogens with zero attached hydrogens (tertiary/aromatic N) is 1. The number of carboxylic acid groups (broad SMARTS) is 1. The first-order valence-corrected chi connectivity index (χ1v) is 6.30. The van der Waals surface area contributed by atoms with Gasteiger partial charge in [0.25, 0.3) is 0 Å². The first-order chi connectivity index (χ1) is 8.84. The van der Waals surface area contributed by atoms with Gasteiger partial charge in [-0.1, -0.05) is 6.92 Å². The zero-order chi connectivity index (χ0) is 14.2. The Morgan fingerprint density at radius 2 is 2.16 bits per heavy atom. The van der Waals surface area contributed by atoms with E-state index in [1.807, 2.05) is 20.8 Å². The van der Waals surface area contributed by atoms with Crippen LogP contribution in [0.2, 0.25) is 0 Å². The number of aromatic carboxylic acids is 1. The van der Waals surface area contributed by atoms with Crippen molar-refractivity contribution in [1.82, 2.24) is 5.32 Å². The number of rotatable bonds is 3. The summed E-state index contributed by atoms with van der Waals surface area (Å²) < 4.78 is 0. The molecule has 2 amide bonds. The summed E-state index contributed by atoms with van der Waals surface area (Å²) in [5.41, 5.74) is 1.64. The molecule has 0 bridgehead atoms. The van der Waals surface area contributed by atoms with Gasteiger partial charge in [-0.05, 0) is 44.0 Å². The number of urea groups is 1. The van der Waals surface area contributed by atoms with Gasteiger partial charge in [0.2, 0.25) is 0 Å². The van der Waals surface area contributed by atoms with Crippen molar-refractivity contribution < 1.29 is 14.7 Å². The molecular formula is C14H18N2O3. The fraction of sp³-hybridized carbons (Fsp3) is 0.429.